The van der Waals surface area contributed by atoms with Gasteiger partial charge in [0.25, 0.3) is 0 Å². The van der Waals surface area contributed by atoms with Crippen molar-refractivity contribution in [2.75, 3.05) is 0 Å². The van der Waals surface area contributed by atoms with Gasteiger partial charge in [-0.2, -0.15) is 0 Å². The van der Waals surface area contributed by atoms with E-state index in [9.17, 15) is 5.11 Å². The number of benzene rings is 1. The first kappa shape index (κ1) is 12.8. The molecule has 1 N–H and O–H groups in total. The Bertz CT molecular complexity index is 464. The van der Waals surface area contributed by atoms with Gasteiger partial charge in [0.2, 0.25) is 0 Å². The van der Waals surface area contributed by atoms with E-state index < -0.39 is 6.10 Å². The van der Waals surface area contributed by atoms with Gasteiger partial charge < -0.3 is 9.67 Å². The summed E-state index contributed by atoms with van der Waals surface area (Å²) < 4.78 is 2.04. The van der Waals surface area contributed by atoms with Gasteiger partial charge in [-0.05, 0) is 24.8 Å². The van der Waals surface area contributed by atoms with E-state index in [-0.39, 0.29) is 0 Å². The zero-order chi connectivity index (χ0) is 12.8. The minimum Gasteiger partial charge on any atom is -0.387 e. The molecule has 0 spiro atoms. The van der Waals surface area contributed by atoms with Gasteiger partial charge in [-0.1, -0.05) is 37.3 Å². The fourth-order valence-corrected chi connectivity index (χ4v) is 2.13. The van der Waals surface area contributed by atoms with Crippen molar-refractivity contribution < 1.29 is 5.11 Å². The average Bonchev–Trinajstić information content (AvgIpc) is 2.86. The number of hydrogen-bond acceptors (Lipinski definition) is 2. The molecular formula is C15H20N2O. The summed E-state index contributed by atoms with van der Waals surface area (Å²) in [5.41, 5.74) is 2.19. The number of hydrogen-bond donors (Lipinski definition) is 1. The lowest BCUT2D eigenvalue weighted by Crippen LogP contribution is -2.07. The van der Waals surface area contributed by atoms with Crippen LogP contribution in [-0.2, 0) is 13.0 Å². The molecule has 18 heavy (non-hydrogen) atoms. The van der Waals surface area contributed by atoms with Gasteiger partial charge >= 0.3 is 0 Å². The summed E-state index contributed by atoms with van der Waals surface area (Å²) in [4.78, 5) is 4.12. The second-order valence-corrected chi connectivity index (χ2v) is 4.55. The second kappa shape index (κ2) is 6.36. The zero-order valence-corrected chi connectivity index (χ0v) is 10.8. The van der Waals surface area contributed by atoms with Crippen LogP contribution in [0.25, 0.3) is 0 Å². The highest BCUT2D eigenvalue weighted by atomic mass is 16.3. The Kier molecular flexibility index (Phi) is 4.53. The van der Waals surface area contributed by atoms with Crippen LogP contribution < -0.4 is 0 Å². The first-order valence-corrected chi connectivity index (χ1v) is 6.53. The summed E-state index contributed by atoms with van der Waals surface area (Å²) in [5, 5.41) is 10.2. The van der Waals surface area contributed by atoms with Gasteiger partial charge in [0.1, 0.15) is 0 Å². The molecule has 0 radical (unpaired) electrons. The van der Waals surface area contributed by atoms with Crippen LogP contribution in [-0.4, -0.2) is 14.7 Å². The molecule has 3 heteroatoms. The predicted octanol–water partition coefficient (Wildman–Crippen LogP) is 2.96. The average molecular weight is 244 g/mol. The third-order valence-electron chi connectivity index (χ3n) is 3.10. The van der Waals surface area contributed by atoms with E-state index in [0.717, 1.165) is 31.5 Å². The summed E-state index contributed by atoms with van der Waals surface area (Å²) in [6.07, 6.45) is 5.81. The molecule has 2 aromatic rings. The van der Waals surface area contributed by atoms with Crippen molar-refractivity contribution in [1.29, 1.82) is 0 Å². The normalized spacial score (nSPS) is 12.6. The lowest BCUT2D eigenvalue weighted by Gasteiger charge is -2.13. The summed E-state index contributed by atoms with van der Waals surface area (Å²) in [6, 6.07) is 10.3. The van der Waals surface area contributed by atoms with Crippen molar-refractivity contribution in [3.05, 3.63) is 54.1 Å². The van der Waals surface area contributed by atoms with Crippen LogP contribution >= 0.6 is 0 Å². The van der Waals surface area contributed by atoms with Crippen LogP contribution in [0.4, 0.5) is 0 Å². The first-order valence-electron chi connectivity index (χ1n) is 6.53. The Morgan fingerprint density at radius 3 is 2.78 bits per heavy atom. The minimum atomic E-state index is -0.431. The molecule has 2 rings (SSSR count). The second-order valence-electron chi connectivity index (χ2n) is 4.55. The van der Waals surface area contributed by atoms with E-state index in [2.05, 4.69) is 24.0 Å². The molecule has 0 saturated heterocycles. The molecular weight excluding hydrogens is 224 g/mol. The topological polar surface area (TPSA) is 38.0 Å². The standard InChI is InChI=1S/C15H20N2O/c1-2-10-17-12-16-11-14(17)15(18)9-8-13-6-4-3-5-7-13/h3-7,11-12,15,18H,2,8-10H2,1H3. The maximum Gasteiger partial charge on any atom is 0.0959 e. The molecule has 0 aliphatic heterocycles. The van der Waals surface area contributed by atoms with Crippen LogP contribution in [0.15, 0.2) is 42.9 Å². The summed E-state index contributed by atoms with van der Waals surface area (Å²) in [6.45, 7) is 3.04. The van der Waals surface area contributed by atoms with Gasteiger partial charge in [0.05, 0.1) is 24.3 Å². The molecule has 0 bridgehead atoms. The monoisotopic (exact) mass is 244 g/mol. The van der Waals surface area contributed by atoms with Crippen molar-refractivity contribution in [2.24, 2.45) is 0 Å². The number of aryl methyl sites for hydroxylation is 2. The Morgan fingerprint density at radius 2 is 2.06 bits per heavy atom. The highest BCUT2D eigenvalue weighted by Crippen LogP contribution is 2.19. The van der Waals surface area contributed by atoms with Crippen LogP contribution in [0.2, 0.25) is 0 Å². The van der Waals surface area contributed by atoms with Crippen LogP contribution in [0, 0.1) is 0 Å². The zero-order valence-electron chi connectivity index (χ0n) is 10.8. The highest BCUT2D eigenvalue weighted by Gasteiger charge is 2.12. The molecule has 1 atom stereocenters. The number of nitrogens with zero attached hydrogens (tertiary/aromatic N) is 2. The Labute approximate surface area is 108 Å². The van der Waals surface area contributed by atoms with Crippen LogP contribution in [0.5, 0.6) is 0 Å². The molecule has 1 unspecified atom stereocenters. The van der Waals surface area contributed by atoms with Gasteiger partial charge in [-0.25, -0.2) is 4.98 Å². The van der Waals surface area contributed by atoms with E-state index >= 15 is 0 Å². The van der Waals surface area contributed by atoms with Crippen molar-refractivity contribution in [2.45, 2.75) is 38.8 Å². The van der Waals surface area contributed by atoms with Gasteiger partial charge in [0, 0.05) is 6.54 Å². The summed E-state index contributed by atoms with van der Waals surface area (Å²) in [5.74, 6) is 0. The lowest BCUT2D eigenvalue weighted by molar-refractivity contribution is 0.158. The van der Waals surface area contributed by atoms with Crippen molar-refractivity contribution in [1.82, 2.24) is 9.55 Å². The minimum absolute atomic E-state index is 0.431. The molecule has 0 amide bonds. The fraction of sp³-hybridized carbons (Fsp3) is 0.400. The highest BCUT2D eigenvalue weighted by molar-refractivity contribution is 5.15. The smallest absolute Gasteiger partial charge is 0.0959 e. The summed E-state index contributed by atoms with van der Waals surface area (Å²) >= 11 is 0. The first-order chi connectivity index (χ1) is 8.81. The van der Waals surface area contributed by atoms with E-state index in [0.29, 0.717) is 0 Å². The van der Waals surface area contributed by atoms with Crippen LogP contribution in [0.3, 0.4) is 0 Å². The third-order valence-corrected chi connectivity index (χ3v) is 3.10. The molecule has 0 aliphatic carbocycles. The molecule has 0 saturated carbocycles. The van der Waals surface area contributed by atoms with Gasteiger partial charge in [0.15, 0.2) is 0 Å². The van der Waals surface area contributed by atoms with E-state index in [4.69, 9.17) is 0 Å². The Hall–Kier alpha value is -1.61. The molecule has 0 fully saturated rings. The number of aromatic nitrogens is 2. The number of rotatable bonds is 6. The van der Waals surface area contributed by atoms with Crippen molar-refractivity contribution >= 4 is 0 Å². The van der Waals surface area contributed by atoms with E-state index in [1.807, 2.05) is 22.8 Å². The van der Waals surface area contributed by atoms with Crippen molar-refractivity contribution in [3.63, 3.8) is 0 Å². The molecule has 1 aromatic carbocycles. The maximum atomic E-state index is 10.2. The molecule has 96 valence electrons. The molecule has 3 nitrogen and oxygen atoms in total. The van der Waals surface area contributed by atoms with Gasteiger partial charge in [-0.15, -0.1) is 0 Å². The number of imidazole rings is 1. The molecule has 1 aromatic heterocycles. The Balaban J connectivity index is 1.95. The molecule has 1 heterocycles. The van der Waals surface area contributed by atoms with Crippen molar-refractivity contribution in [3.8, 4) is 0 Å². The van der Waals surface area contributed by atoms with E-state index in [1.54, 1.807) is 12.5 Å². The lowest BCUT2D eigenvalue weighted by atomic mass is 10.1. The summed E-state index contributed by atoms with van der Waals surface area (Å²) in [7, 11) is 0. The Morgan fingerprint density at radius 1 is 1.28 bits per heavy atom. The largest absolute Gasteiger partial charge is 0.387 e. The quantitative estimate of drug-likeness (QED) is 0.848. The van der Waals surface area contributed by atoms with E-state index in [1.165, 1.54) is 5.56 Å². The SMILES string of the molecule is CCCn1cncc1C(O)CCc1ccccc1. The van der Waals surface area contributed by atoms with Crippen LogP contribution in [0.1, 0.15) is 37.1 Å². The molecule has 0 aliphatic rings. The van der Waals surface area contributed by atoms with Gasteiger partial charge in [-0.3, -0.25) is 0 Å². The fourth-order valence-electron chi connectivity index (χ4n) is 2.13. The predicted molar refractivity (Wildman–Crippen MR) is 72.2 cm³/mol. The third kappa shape index (κ3) is 3.20. The number of aliphatic hydroxyl groups excluding tert-OH is 1. The maximum absolute atomic E-state index is 10.2. The number of aliphatic hydroxyl groups is 1.